The largest absolute Gasteiger partial charge is 0.360 e. The number of rotatable bonds is 2. The molecule has 0 aromatic heterocycles. The molecule has 2 nitrogen and oxygen atoms in total. The van der Waals surface area contributed by atoms with Crippen LogP contribution in [0.1, 0.15) is 48.8 Å². The number of piperidine rings is 1. The fraction of sp³-hybridized carbons (Fsp3) is 0.189. The van der Waals surface area contributed by atoms with E-state index in [0.717, 1.165) is 6.42 Å². The summed E-state index contributed by atoms with van der Waals surface area (Å²) < 4.78 is 0. The van der Waals surface area contributed by atoms with Crippen molar-refractivity contribution in [2.24, 2.45) is 11.8 Å². The highest BCUT2D eigenvalue weighted by molar-refractivity contribution is 7.64. The Labute approximate surface area is 329 Å². The van der Waals surface area contributed by atoms with E-state index in [1.165, 1.54) is 103 Å². The van der Waals surface area contributed by atoms with Gasteiger partial charge in [0.05, 0.1) is 12.1 Å². The molecule has 0 radical (unpaired) electrons. The number of benzene rings is 5. The smallest absolute Gasteiger partial charge is 0.296 e. The van der Waals surface area contributed by atoms with Crippen LogP contribution in [0.15, 0.2) is 175 Å². The molecular formula is C53H41NOP+. The van der Waals surface area contributed by atoms with Crippen LogP contribution in [0, 0.1) is 11.8 Å². The van der Waals surface area contributed by atoms with E-state index in [4.69, 9.17) is 0 Å². The van der Waals surface area contributed by atoms with Crippen molar-refractivity contribution in [1.82, 2.24) is 4.90 Å². The minimum atomic E-state index is -1.48. The molecule has 0 saturated carbocycles. The monoisotopic (exact) mass is 738 g/mol. The third-order valence-corrected chi connectivity index (χ3v) is 16.4. The molecule has 3 heteroatoms. The van der Waals surface area contributed by atoms with Crippen molar-refractivity contribution in [1.29, 1.82) is 0 Å². The lowest BCUT2D eigenvalue weighted by Crippen LogP contribution is -2.63. The first kappa shape index (κ1) is 31.7. The topological polar surface area (TPSA) is 23.5 Å². The summed E-state index contributed by atoms with van der Waals surface area (Å²) in [7, 11) is -1.48. The van der Waals surface area contributed by atoms with Gasteiger partial charge >= 0.3 is 0 Å². The molecule has 5 aliphatic carbocycles. The summed E-state index contributed by atoms with van der Waals surface area (Å²) in [6, 6.07) is 37.2. The summed E-state index contributed by atoms with van der Waals surface area (Å²) in [5.74, 6) is 0.476. The lowest BCUT2D eigenvalue weighted by Gasteiger charge is -2.59. The van der Waals surface area contributed by atoms with Crippen molar-refractivity contribution in [3.8, 4) is 33.4 Å². The quantitative estimate of drug-likeness (QED) is 0.182. The third-order valence-electron chi connectivity index (χ3n) is 14.6. The Kier molecular flexibility index (Phi) is 6.51. The molecule has 3 aliphatic heterocycles. The van der Waals surface area contributed by atoms with E-state index >= 15 is 0 Å². The van der Waals surface area contributed by atoms with E-state index in [1.54, 1.807) is 16.8 Å². The molecule has 6 unspecified atom stereocenters. The van der Waals surface area contributed by atoms with Crippen LogP contribution >= 0.6 is 7.77 Å². The Morgan fingerprint density at radius 2 is 1.45 bits per heavy atom. The van der Waals surface area contributed by atoms with Crippen LogP contribution in [0.25, 0.3) is 49.7 Å². The Morgan fingerprint density at radius 3 is 2.36 bits per heavy atom. The number of allylic oxidation sites excluding steroid dienone is 9. The zero-order chi connectivity index (χ0) is 36.7. The molecule has 0 amide bonds. The van der Waals surface area contributed by atoms with E-state index in [9.17, 15) is 4.89 Å². The number of hydrogen-bond acceptors (Lipinski definition) is 2. The Bertz CT molecular complexity index is 2880. The van der Waals surface area contributed by atoms with Gasteiger partial charge in [0, 0.05) is 46.1 Å². The molecule has 5 aromatic carbocycles. The first-order valence-electron chi connectivity index (χ1n) is 20.6. The van der Waals surface area contributed by atoms with E-state index in [1.807, 2.05) is 0 Å². The average Bonchev–Trinajstić information content (AvgIpc) is 3.87. The molecule has 5 aromatic rings. The van der Waals surface area contributed by atoms with Gasteiger partial charge in [-0.25, -0.2) is 0 Å². The van der Waals surface area contributed by atoms with E-state index in [-0.39, 0.29) is 23.3 Å². The Balaban J connectivity index is 1.09. The second-order valence-electron chi connectivity index (χ2n) is 16.9. The lowest BCUT2D eigenvalue weighted by molar-refractivity contribution is 0.0532. The summed E-state index contributed by atoms with van der Waals surface area (Å²) in [6.45, 7) is 0. The van der Waals surface area contributed by atoms with Crippen LogP contribution in [0.4, 0.5) is 0 Å². The highest BCUT2D eigenvalue weighted by Crippen LogP contribution is 2.68. The van der Waals surface area contributed by atoms with E-state index < -0.39 is 7.77 Å². The molecule has 1 spiro atoms. The summed E-state index contributed by atoms with van der Waals surface area (Å²) >= 11 is 0. The lowest BCUT2D eigenvalue weighted by atomic mass is 9.52. The van der Waals surface area contributed by atoms with Gasteiger partial charge in [0.2, 0.25) is 0 Å². The van der Waals surface area contributed by atoms with Crippen LogP contribution in [-0.4, -0.2) is 27.2 Å². The van der Waals surface area contributed by atoms with Crippen LogP contribution in [0.5, 0.6) is 0 Å². The standard InChI is InChI=1S/C53H41NOP/c55-56-48-23-9-5-15-39(48)41-28-29-44-50(52(41)56)49-37(36-27-26-34-30-33(24-25-35(34)31-36)32-12-2-1-3-13-32)16-10-19-43(49)53(44)42-18-6-8-22-47(42)54-46-21-7-4-14-38(46)40-17-11-20-45(53)51(40)54/h1-3,5-6,8-13,15-20,22,24-31,42,45,47,51,55H,4,7,14,21,23H2/q+1. The molecule has 3 heterocycles. The molecule has 1 N–H and O–H groups in total. The van der Waals surface area contributed by atoms with E-state index in [0.29, 0.717) is 6.04 Å². The highest BCUT2D eigenvalue weighted by atomic mass is 31.1. The van der Waals surface area contributed by atoms with Crippen molar-refractivity contribution in [3.05, 3.63) is 191 Å². The van der Waals surface area contributed by atoms with Crippen molar-refractivity contribution in [2.75, 3.05) is 0 Å². The predicted octanol–water partition coefficient (Wildman–Crippen LogP) is 11.7. The van der Waals surface area contributed by atoms with Gasteiger partial charge in [-0.15, -0.1) is 0 Å². The first-order chi connectivity index (χ1) is 27.7. The minimum absolute atomic E-state index is 0.231. The Hall–Kier alpha value is -5.53. The molecule has 6 atom stereocenters. The number of nitrogens with zero attached hydrogens (tertiary/aromatic N) is 1. The molecule has 1 fully saturated rings. The van der Waals surface area contributed by atoms with Crippen molar-refractivity contribution >= 4 is 34.7 Å². The van der Waals surface area contributed by atoms with Crippen LogP contribution < -0.4 is 5.30 Å². The second-order valence-corrected chi connectivity index (χ2v) is 18.5. The first-order valence-corrected chi connectivity index (χ1v) is 21.9. The van der Waals surface area contributed by atoms with E-state index in [2.05, 4.69) is 163 Å². The van der Waals surface area contributed by atoms with Crippen molar-refractivity contribution < 1.29 is 4.89 Å². The maximum absolute atomic E-state index is 12.6. The van der Waals surface area contributed by atoms with Crippen LogP contribution in [-0.2, 0) is 5.41 Å². The zero-order valence-corrected chi connectivity index (χ0v) is 32.1. The minimum Gasteiger partial charge on any atom is -0.360 e. The number of hydrogen-bond donors (Lipinski definition) is 1. The van der Waals surface area contributed by atoms with Gasteiger partial charge in [0.1, 0.15) is 0 Å². The molecule has 56 heavy (non-hydrogen) atoms. The molecular weight excluding hydrogens is 698 g/mol. The van der Waals surface area contributed by atoms with Crippen LogP contribution in [0.3, 0.4) is 0 Å². The fourth-order valence-electron chi connectivity index (χ4n) is 12.5. The molecule has 268 valence electrons. The zero-order valence-electron chi connectivity index (χ0n) is 31.2. The van der Waals surface area contributed by atoms with Gasteiger partial charge in [-0.1, -0.05) is 140 Å². The maximum atomic E-state index is 12.6. The van der Waals surface area contributed by atoms with Gasteiger partial charge in [0.25, 0.3) is 7.77 Å². The van der Waals surface area contributed by atoms with Crippen molar-refractivity contribution in [2.45, 2.75) is 49.6 Å². The predicted molar refractivity (Wildman–Crippen MR) is 234 cm³/mol. The van der Waals surface area contributed by atoms with Crippen LogP contribution in [0.2, 0.25) is 0 Å². The molecule has 8 aliphatic rings. The number of fused-ring (bicyclic) bond motifs is 16. The average molecular weight is 739 g/mol. The van der Waals surface area contributed by atoms with Gasteiger partial charge in [-0.2, -0.15) is 4.89 Å². The maximum Gasteiger partial charge on any atom is 0.296 e. The van der Waals surface area contributed by atoms with Crippen molar-refractivity contribution in [3.63, 3.8) is 0 Å². The third kappa shape index (κ3) is 3.94. The van der Waals surface area contributed by atoms with Gasteiger partial charge in [-0.3, -0.25) is 0 Å². The van der Waals surface area contributed by atoms with Gasteiger partial charge in [0.15, 0.2) is 10.6 Å². The molecule has 13 rings (SSSR count). The molecule has 0 bridgehead atoms. The highest BCUT2D eigenvalue weighted by Gasteiger charge is 2.65. The Morgan fingerprint density at radius 1 is 0.643 bits per heavy atom. The fourth-order valence-corrected chi connectivity index (χ4v) is 14.3. The summed E-state index contributed by atoms with van der Waals surface area (Å²) in [5, 5.41) is 4.87. The second kappa shape index (κ2) is 11.5. The van der Waals surface area contributed by atoms with Gasteiger partial charge in [-0.05, 0) is 105 Å². The summed E-state index contributed by atoms with van der Waals surface area (Å²) in [6.07, 6.45) is 29.5. The summed E-state index contributed by atoms with van der Waals surface area (Å²) in [5.41, 5.74) is 17.4. The SMILES string of the molecule is O[P+]1=C2CC=CC=C2c2ccc3c(c21)-c1c(-c2ccc4cc(-c5ccccc5)ccc4c2)cccc1C31C2C=CC=CC2N2C3=C(CCCC3)C3=CC=CC1C32. The molecule has 1 saturated heterocycles. The van der Waals surface area contributed by atoms with Gasteiger partial charge < -0.3 is 4.90 Å². The summed E-state index contributed by atoms with van der Waals surface area (Å²) in [4.78, 5) is 15.4. The normalized spacial score (nSPS) is 27.5.